The first-order valence-electron chi connectivity index (χ1n) is 10.7. The van der Waals surface area contributed by atoms with Gasteiger partial charge >= 0.3 is 11.9 Å². The molecule has 4 heteroatoms. The maximum atomic E-state index is 11.9. The van der Waals surface area contributed by atoms with E-state index in [1.54, 1.807) is 0 Å². The molecule has 0 bridgehead atoms. The van der Waals surface area contributed by atoms with Crippen molar-refractivity contribution in [1.29, 1.82) is 0 Å². The lowest BCUT2D eigenvalue weighted by Crippen LogP contribution is -2.28. The molecule has 0 fully saturated rings. The SMILES string of the molecule is CCCCCOC(=O)CCCCCCCCC(=O)OC(C(C)C)C(C)C. The van der Waals surface area contributed by atoms with Gasteiger partial charge in [0, 0.05) is 12.8 Å². The summed E-state index contributed by atoms with van der Waals surface area (Å²) >= 11 is 0. The number of carbonyl (C=O) groups is 2. The Morgan fingerprint density at radius 3 is 1.69 bits per heavy atom. The van der Waals surface area contributed by atoms with Crippen molar-refractivity contribution in [2.75, 3.05) is 6.61 Å². The lowest BCUT2D eigenvalue weighted by Gasteiger charge is -2.24. The number of esters is 2. The standard InChI is InChI=1S/C22H42O4/c1-6-7-14-17-25-20(23)15-12-10-8-9-11-13-16-21(24)26-22(18(2)3)19(4)5/h18-19,22H,6-17H2,1-5H3. The van der Waals surface area contributed by atoms with E-state index >= 15 is 0 Å². The van der Waals surface area contributed by atoms with Crippen molar-refractivity contribution >= 4 is 11.9 Å². The van der Waals surface area contributed by atoms with E-state index in [-0.39, 0.29) is 18.0 Å². The van der Waals surface area contributed by atoms with Crippen molar-refractivity contribution in [3.8, 4) is 0 Å². The first-order valence-corrected chi connectivity index (χ1v) is 10.7. The summed E-state index contributed by atoms with van der Waals surface area (Å²) in [6.45, 7) is 11.1. The first kappa shape index (κ1) is 24.9. The molecular weight excluding hydrogens is 328 g/mol. The maximum Gasteiger partial charge on any atom is 0.306 e. The van der Waals surface area contributed by atoms with E-state index in [0.29, 0.717) is 31.3 Å². The van der Waals surface area contributed by atoms with E-state index in [4.69, 9.17) is 9.47 Å². The Balaban J connectivity index is 3.53. The van der Waals surface area contributed by atoms with E-state index in [1.165, 1.54) is 0 Å². The van der Waals surface area contributed by atoms with Crippen molar-refractivity contribution in [2.45, 2.75) is 111 Å². The van der Waals surface area contributed by atoms with E-state index in [0.717, 1.165) is 57.8 Å². The molecule has 0 aromatic rings. The number of hydrogen-bond donors (Lipinski definition) is 0. The van der Waals surface area contributed by atoms with Crippen LogP contribution in [0.1, 0.15) is 105 Å². The van der Waals surface area contributed by atoms with Crippen LogP contribution in [0.25, 0.3) is 0 Å². The molecule has 26 heavy (non-hydrogen) atoms. The van der Waals surface area contributed by atoms with Gasteiger partial charge in [0.2, 0.25) is 0 Å². The van der Waals surface area contributed by atoms with Gasteiger partial charge in [-0.2, -0.15) is 0 Å². The highest BCUT2D eigenvalue weighted by molar-refractivity contribution is 5.69. The second kappa shape index (κ2) is 16.1. The molecule has 0 rings (SSSR count). The number of rotatable bonds is 16. The van der Waals surface area contributed by atoms with Crippen LogP contribution in [0.5, 0.6) is 0 Å². The lowest BCUT2D eigenvalue weighted by atomic mass is 9.96. The molecule has 0 spiro atoms. The molecule has 0 heterocycles. The third-order valence-electron chi connectivity index (χ3n) is 4.60. The van der Waals surface area contributed by atoms with Crippen LogP contribution in [0.15, 0.2) is 0 Å². The second-order valence-corrected chi connectivity index (χ2v) is 7.99. The monoisotopic (exact) mass is 370 g/mol. The topological polar surface area (TPSA) is 52.6 Å². The fourth-order valence-electron chi connectivity index (χ4n) is 3.11. The van der Waals surface area contributed by atoms with E-state index in [2.05, 4.69) is 34.6 Å². The Labute approximate surface area is 161 Å². The van der Waals surface area contributed by atoms with Gasteiger partial charge in [0.15, 0.2) is 0 Å². The van der Waals surface area contributed by atoms with Crippen LogP contribution in [-0.4, -0.2) is 24.6 Å². The van der Waals surface area contributed by atoms with Gasteiger partial charge in [-0.25, -0.2) is 0 Å². The highest BCUT2D eigenvalue weighted by Gasteiger charge is 2.21. The number of ether oxygens (including phenoxy) is 2. The Hall–Kier alpha value is -1.06. The largest absolute Gasteiger partial charge is 0.466 e. The molecule has 0 aromatic carbocycles. The third-order valence-corrected chi connectivity index (χ3v) is 4.60. The highest BCUT2D eigenvalue weighted by atomic mass is 16.5. The number of hydrogen-bond acceptors (Lipinski definition) is 4. The van der Waals surface area contributed by atoms with Crippen LogP contribution in [-0.2, 0) is 19.1 Å². The Morgan fingerprint density at radius 1 is 0.692 bits per heavy atom. The molecule has 0 aliphatic carbocycles. The minimum absolute atomic E-state index is 0.0178. The third kappa shape index (κ3) is 14.1. The van der Waals surface area contributed by atoms with Gasteiger partial charge in [-0.1, -0.05) is 73.1 Å². The predicted molar refractivity (Wildman–Crippen MR) is 107 cm³/mol. The zero-order valence-corrected chi connectivity index (χ0v) is 17.9. The van der Waals surface area contributed by atoms with Crippen molar-refractivity contribution in [3.63, 3.8) is 0 Å². The van der Waals surface area contributed by atoms with Gasteiger partial charge in [-0.15, -0.1) is 0 Å². The summed E-state index contributed by atoms with van der Waals surface area (Å²) in [4.78, 5) is 23.5. The summed E-state index contributed by atoms with van der Waals surface area (Å²) in [5.41, 5.74) is 0. The predicted octanol–water partition coefficient (Wildman–Crippen LogP) is 6.06. The van der Waals surface area contributed by atoms with E-state index < -0.39 is 0 Å². The van der Waals surface area contributed by atoms with Crippen molar-refractivity contribution in [1.82, 2.24) is 0 Å². The van der Waals surface area contributed by atoms with Gasteiger partial charge < -0.3 is 9.47 Å². The molecule has 0 N–H and O–H groups in total. The molecule has 0 saturated heterocycles. The Kier molecular flexibility index (Phi) is 15.5. The molecule has 0 aliphatic rings. The maximum absolute atomic E-state index is 11.9. The minimum Gasteiger partial charge on any atom is -0.466 e. The molecule has 4 nitrogen and oxygen atoms in total. The zero-order chi connectivity index (χ0) is 19.8. The number of unbranched alkanes of at least 4 members (excludes halogenated alkanes) is 7. The second-order valence-electron chi connectivity index (χ2n) is 7.99. The highest BCUT2D eigenvalue weighted by Crippen LogP contribution is 2.18. The van der Waals surface area contributed by atoms with Crippen molar-refractivity contribution < 1.29 is 19.1 Å². The van der Waals surface area contributed by atoms with Crippen LogP contribution >= 0.6 is 0 Å². The average molecular weight is 371 g/mol. The summed E-state index contributed by atoms with van der Waals surface area (Å²) in [6, 6.07) is 0. The molecule has 154 valence electrons. The molecule has 0 radical (unpaired) electrons. The van der Waals surface area contributed by atoms with Crippen LogP contribution in [0.2, 0.25) is 0 Å². The van der Waals surface area contributed by atoms with Crippen LogP contribution in [0.3, 0.4) is 0 Å². The van der Waals surface area contributed by atoms with Crippen LogP contribution in [0.4, 0.5) is 0 Å². The fraction of sp³-hybridized carbons (Fsp3) is 0.909. The normalized spacial score (nSPS) is 11.4. The quantitative estimate of drug-likeness (QED) is 0.245. The van der Waals surface area contributed by atoms with E-state index in [9.17, 15) is 9.59 Å². The summed E-state index contributed by atoms with van der Waals surface area (Å²) in [5.74, 6) is 0.589. The van der Waals surface area contributed by atoms with Gasteiger partial charge in [0.1, 0.15) is 6.10 Å². The molecule has 0 unspecified atom stereocenters. The summed E-state index contributed by atoms with van der Waals surface area (Å²) in [5, 5.41) is 0. The summed E-state index contributed by atoms with van der Waals surface area (Å²) in [7, 11) is 0. The van der Waals surface area contributed by atoms with E-state index in [1.807, 2.05) is 0 Å². The zero-order valence-electron chi connectivity index (χ0n) is 17.9. The molecule has 0 aliphatic heterocycles. The molecule has 0 aromatic heterocycles. The fourth-order valence-corrected chi connectivity index (χ4v) is 3.11. The first-order chi connectivity index (χ1) is 12.4. The van der Waals surface area contributed by atoms with Crippen LogP contribution in [0, 0.1) is 11.8 Å². The smallest absolute Gasteiger partial charge is 0.306 e. The molecule has 0 atom stereocenters. The van der Waals surface area contributed by atoms with Crippen molar-refractivity contribution in [2.24, 2.45) is 11.8 Å². The van der Waals surface area contributed by atoms with Gasteiger partial charge in [0.25, 0.3) is 0 Å². The van der Waals surface area contributed by atoms with Crippen LogP contribution < -0.4 is 0 Å². The van der Waals surface area contributed by atoms with Crippen molar-refractivity contribution in [3.05, 3.63) is 0 Å². The lowest BCUT2D eigenvalue weighted by molar-refractivity contribution is -0.154. The average Bonchev–Trinajstić information content (AvgIpc) is 2.58. The molecular formula is C22H42O4. The summed E-state index contributed by atoms with van der Waals surface area (Å²) in [6.07, 6.45) is 10.4. The summed E-state index contributed by atoms with van der Waals surface area (Å²) < 4.78 is 10.8. The Morgan fingerprint density at radius 2 is 1.19 bits per heavy atom. The molecule has 0 amide bonds. The van der Waals surface area contributed by atoms with Gasteiger partial charge in [0.05, 0.1) is 6.61 Å². The number of carbonyl (C=O) groups excluding carboxylic acids is 2. The van der Waals surface area contributed by atoms with Gasteiger partial charge in [-0.3, -0.25) is 9.59 Å². The molecule has 0 saturated carbocycles. The Bertz CT molecular complexity index is 355. The minimum atomic E-state index is -0.0665. The van der Waals surface area contributed by atoms with Gasteiger partial charge in [-0.05, 0) is 31.1 Å².